The number of nitrogens with zero attached hydrogens (tertiary/aromatic N) is 4. The van der Waals surface area contributed by atoms with Gasteiger partial charge in [-0.05, 0) is 43.2 Å². The van der Waals surface area contributed by atoms with E-state index in [4.69, 9.17) is 0 Å². The normalized spacial score (nSPS) is 15.2. The Morgan fingerprint density at radius 3 is 2.67 bits per heavy atom. The van der Waals surface area contributed by atoms with Gasteiger partial charge in [-0.1, -0.05) is 29.9 Å². The molecule has 170 valence electrons. The van der Waals surface area contributed by atoms with Crippen LogP contribution in [0.5, 0.6) is 0 Å². The number of carbonyl (C=O) groups excluding carboxylic acids is 1. The van der Waals surface area contributed by atoms with Gasteiger partial charge < -0.3 is 5.32 Å². The number of benzene rings is 2. The Bertz CT molecular complexity index is 1490. The molecule has 1 aliphatic rings. The summed E-state index contributed by atoms with van der Waals surface area (Å²) in [7, 11) is -3.62. The van der Waals surface area contributed by atoms with Gasteiger partial charge in [-0.25, -0.2) is 23.2 Å². The average molecular weight is 484 g/mol. The second-order valence-electron chi connectivity index (χ2n) is 7.85. The minimum atomic E-state index is -3.62. The van der Waals surface area contributed by atoms with Crippen LogP contribution < -0.4 is 11.0 Å². The van der Waals surface area contributed by atoms with Gasteiger partial charge in [0, 0.05) is 24.7 Å². The molecule has 0 radical (unpaired) electrons. The van der Waals surface area contributed by atoms with Gasteiger partial charge in [0.1, 0.15) is 6.54 Å². The van der Waals surface area contributed by atoms with E-state index >= 15 is 0 Å². The fourth-order valence-corrected chi connectivity index (χ4v) is 6.41. The predicted molar refractivity (Wildman–Crippen MR) is 127 cm³/mol. The lowest BCUT2D eigenvalue weighted by Crippen LogP contribution is -2.35. The molecule has 1 fully saturated rings. The quantitative estimate of drug-likeness (QED) is 0.467. The van der Waals surface area contributed by atoms with Crippen LogP contribution in [0.3, 0.4) is 0 Å². The van der Waals surface area contributed by atoms with E-state index in [-0.39, 0.29) is 11.4 Å². The van der Waals surface area contributed by atoms with E-state index in [1.807, 2.05) is 24.3 Å². The number of para-hydroxylation sites is 1. The highest BCUT2D eigenvalue weighted by Gasteiger charge is 2.26. The Labute approximate surface area is 193 Å². The van der Waals surface area contributed by atoms with Crippen LogP contribution in [0.15, 0.2) is 58.4 Å². The summed E-state index contributed by atoms with van der Waals surface area (Å²) in [6.07, 6.45) is 4.06. The smallest absolute Gasteiger partial charge is 0.300 e. The molecular weight excluding hydrogens is 462 g/mol. The number of hydrogen-bond acceptors (Lipinski definition) is 7. The molecule has 1 aliphatic heterocycles. The molecular formula is C22H21N5O4S2. The van der Waals surface area contributed by atoms with Crippen molar-refractivity contribution in [3.8, 4) is 0 Å². The maximum Gasteiger partial charge on any atom is 0.348 e. The molecule has 2 aromatic heterocycles. The van der Waals surface area contributed by atoms with Crippen molar-refractivity contribution in [2.45, 2.75) is 30.7 Å². The summed E-state index contributed by atoms with van der Waals surface area (Å²) in [5.41, 5.74) is 0.630. The number of thiazole rings is 1. The molecule has 0 spiro atoms. The highest BCUT2D eigenvalue weighted by Crippen LogP contribution is 2.26. The second kappa shape index (κ2) is 8.65. The molecule has 1 amide bonds. The molecule has 0 bridgehead atoms. The highest BCUT2D eigenvalue weighted by molar-refractivity contribution is 7.89. The van der Waals surface area contributed by atoms with E-state index < -0.39 is 21.6 Å². The molecule has 9 nitrogen and oxygen atoms in total. The van der Waals surface area contributed by atoms with Crippen LogP contribution in [-0.2, 0) is 21.4 Å². The van der Waals surface area contributed by atoms with Crippen LogP contribution >= 0.6 is 11.3 Å². The highest BCUT2D eigenvalue weighted by atomic mass is 32.2. The maximum absolute atomic E-state index is 13.0. The predicted octanol–water partition coefficient (Wildman–Crippen LogP) is 2.82. The summed E-state index contributed by atoms with van der Waals surface area (Å²) < 4.78 is 29.7. The molecule has 4 aromatic rings. The summed E-state index contributed by atoms with van der Waals surface area (Å²) in [4.78, 5) is 33.4. The zero-order valence-corrected chi connectivity index (χ0v) is 19.2. The molecule has 3 heterocycles. The van der Waals surface area contributed by atoms with Crippen molar-refractivity contribution in [1.82, 2.24) is 18.8 Å². The monoisotopic (exact) mass is 483 g/mol. The Morgan fingerprint density at radius 2 is 1.88 bits per heavy atom. The van der Waals surface area contributed by atoms with Crippen molar-refractivity contribution in [3.63, 3.8) is 0 Å². The van der Waals surface area contributed by atoms with Crippen LogP contribution in [0.4, 0.5) is 5.13 Å². The van der Waals surface area contributed by atoms with Crippen LogP contribution in [-0.4, -0.2) is 46.3 Å². The number of amides is 1. The first-order valence-corrected chi connectivity index (χ1v) is 12.8. The van der Waals surface area contributed by atoms with Crippen LogP contribution in [0.1, 0.15) is 19.3 Å². The van der Waals surface area contributed by atoms with Crippen molar-refractivity contribution >= 4 is 53.5 Å². The van der Waals surface area contributed by atoms with Gasteiger partial charge in [-0.15, -0.1) is 0 Å². The average Bonchev–Trinajstić information content (AvgIpc) is 3.23. The molecule has 1 N–H and O–H groups in total. The number of rotatable bonds is 5. The molecule has 2 aromatic carbocycles. The molecule has 11 heteroatoms. The molecule has 1 saturated heterocycles. The fraction of sp³-hybridized carbons (Fsp3) is 0.273. The van der Waals surface area contributed by atoms with E-state index in [0.717, 1.165) is 29.5 Å². The summed E-state index contributed by atoms with van der Waals surface area (Å²) in [5.74, 6) is -0.421. The van der Waals surface area contributed by atoms with Gasteiger partial charge >= 0.3 is 5.69 Å². The lowest BCUT2D eigenvalue weighted by molar-refractivity contribution is -0.116. The second-order valence-corrected chi connectivity index (χ2v) is 10.8. The zero-order valence-electron chi connectivity index (χ0n) is 17.6. The zero-order chi connectivity index (χ0) is 23.0. The van der Waals surface area contributed by atoms with E-state index in [2.05, 4.69) is 15.3 Å². The summed E-state index contributed by atoms with van der Waals surface area (Å²) in [6.45, 7) is 0.742. The third-order valence-corrected chi connectivity index (χ3v) is 8.48. The number of carbonyl (C=O) groups is 1. The first-order chi connectivity index (χ1) is 15.9. The minimum Gasteiger partial charge on any atom is -0.300 e. The van der Waals surface area contributed by atoms with Gasteiger partial charge in [-0.3, -0.25) is 9.36 Å². The third-order valence-electron chi connectivity index (χ3n) is 5.63. The molecule has 0 saturated carbocycles. The van der Waals surface area contributed by atoms with Crippen LogP contribution in [0.25, 0.3) is 21.1 Å². The van der Waals surface area contributed by atoms with Crippen molar-refractivity contribution in [2.24, 2.45) is 0 Å². The number of piperidine rings is 1. The standard InChI is InChI=1S/C22H21N5O4S2/c28-20(25-21-24-17-6-2-3-7-19(17)32-21)14-27-18-9-8-16(12-15(18)13-23-22(27)29)33(30,31)26-10-4-1-5-11-26/h2-3,6-9,12-13H,1,4-5,10-11,14H2,(H,24,25,28). The first-order valence-electron chi connectivity index (χ1n) is 10.6. The molecule has 33 heavy (non-hydrogen) atoms. The summed E-state index contributed by atoms with van der Waals surface area (Å²) in [6, 6.07) is 12.1. The van der Waals surface area contributed by atoms with Gasteiger partial charge in [-0.2, -0.15) is 4.31 Å². The Kier molecular flexibility index (Phi) is 5.69. The molecule has 0 unspecified atom stereocenters. The van der Waals surface area contributed by atoms with Gasteiger partial charge in [0.25, 0.3) is 0 Å². The van der Waals surface area contributed by atoms with Gasteiger partial charge in [0.2, 0.25) is 15.9 Å². The van der Waals surface area contributed by atoms with Crippen molar-refractivity contribution < 1.29 is 13.2 Å². The number of anilines is 1. The van der Waals surface area contributed by atoms with Crippen molar-refractivity contribution in [2.75, 3.05) is 18.4 Å². The van der Waals surface area contributed by atoms with E-state index in [9.17, 15) is 18.0 Å². The lowest BCUT2D eigenvalue weighted by Gasteiger charge is -2.26. The third kappa shape index (κ3) is 4.26. The number of aromatic nitrogens is 3. The molecule has 5 rings (SSSR count). The van der Waals surface area contributed by atoms with Crippen LogP contribution in [0, 0.1) is 0 Å². The largest absolute Gasteiger partial charge is 0.348 e. The summed E-state index contributed by atoms with van der Waals surface area (Å²) in [5, 5.41) is 3.64. The number of nitrogens with one attached hydrogen (secondary N) is 1. The number of hydrogen-bond donors (Lipinski definition) is 1. The Morgan fingerprint density at radius 1 is 1.09 bits per heavy atom. The fourth-order valence-electron chi connectivity index (χ4n) is 3.97. The SMILES string of the molecule is O=C(Cn1c(=O)ncc2cc(S(=O)(=O)N3CCCCC3)ccc21)Nc1nc2ccccc2s1. The van der Waals surface area contributed by atoms with E-state index in [1.165, 1.54) is 38.5 Å². The van der Waals surface area contributed by atoms with Gasteiger partial charge in [0.05, 0.1) is 20.6 Å². The summed E-state index contributed by atoms with van der Waals surface area (Å²) >= 11 is 1.34. The number of fused-ring (bicyclic) bond motifs is 2. The van der Waals surface area contributed by atoms with E-state index in [1.54, 1.807) is 6.07 Å². The number of sulfonamides is 1. The molecule has 0 aliphatic carbocycles. The van der Waals surface area contributed by atoms with E-state index in [0.29, 0.717) is 29.1 Å². The first kappa shape index (κ1) is 21.7. The minimum absolute atomic E-state index is 0.155. The maximum atomic E-state index is 13.0. The van der Waals surface area contributed by atoms with Crippen LogP contribution in [0.2, 0.25) is 0 Å². The van der Waals surface area contributed by atoms with Crippen molar-refractivity contribution in [1.29, 1.82) is 0 Å². The lowest BCUT2D eigenvalue weighted by atomic mass is 10.2. The molecule has 0 atom stereocenters. The topological polar surface area (TPSA) is 114 Å². The van der Waals surface area contributed by atoms with Crippen molar-refractivity contribution in [3.05, 3.63) is 59.1 Å². The van der Waals surface area contributed by atoms with Gasteiger partial charge in [0.15, 0.2) is 5.13 Å². The Balaban J connectivity index is 1.42. The Hall–Kier alpha value is -3.15.